The zero-order chi connectivity index (χ0) is 32.5. The number of para-hydroxylation sites is 1. The molecule has 0 saturated carbocycles. The van der Waals surface area contributed by atoms with Crippen molar-refractivity contribution in [2.75, 3.05) is 6.61 Å². The van der Waals surface area contributed by atoms with E-state index in [1.807, 2.05) is 38.1 Å². The van der Waals surface area contributed by atoms with Gasteiger partial charge in [0.05, 0.1) is 31.2 Å². The molecule has 43 heavy (non-hydrogen) atoms. The van der Waals surface area contributed by atoms with Gasteiger partial charge < -0.3 is 30.6 Å². The molecule has 1 heterocycles. The lowest BCUT2D eigenvalue weighted by Gasteiger charge is -2.38. The number of nitrogens with two attached hydrogens (primary N) is 1. The second-order valence-corrected chi connectivity index (χ2v) is 12.2. The van der Waals surface area contributed by atoms with Crippen LogP contribution < -0.4 is 11.1 Å². The van der Waals surface area contributed by atoms with Gasteiger partial charge in [-0.1, -0.05) is 58.7 Å². The zero-order valence-corrected chi connectivity index (χ0v) is 26.8. The number of nitrogens with zero attached hydrogens (tertiary/aromatic N) is 1. The van der Waals surface area contributed by atoms with Crippen molar-refractivity contribution in [3.63, 3.8) is 0 Å². The molecule has 0 bridgehead atoms. The lowest BCUT2D eigenvalue weighted by molar-refractivity contribution is -0.158. The largest absolute Gasteiger partial charge is 0.466 e. The highest BCUT2D eigenvalue weighted by atomic mass is 16.6. The fraction of sp³-hybridized carbons (Fsp3) is 0.625. The summed E-state index contributed by atoms with van der Waals surface area (Å²) in [5, 5.41) is 15.0. The second-order valence-electron chi connectivity index (χ2n) is 12.2. The quantitative estimate of drug-likeness (QED) is 0.235. The van der Waals surface area contributed by atoms with Crippen LogP contribution in [0.15, 0.2) is 30.5 Å². The summed E-state index contributed by atoms with van der Waals surface area (Å²) >= 11 is 0. The van der Waals surface area contributed by atoms with Crippen molar-refractivity contribution in [3.8, 4) is 0 Å². The highest BCUT2D eigenvalue weighted by Gasteiger charge is 2.43. The number of hydrogen-bond donors (Lipinski definition) is 4. The van der Waals surface area contributed by atoms with Gasteiger partial charge in [0.25, 0.3) is 5.91 Å². The minimum Gasteiger partial charge on any atom is -0.466 e. The number of amides is 3. The second kappa shape index (κ2) is 15.9. The maximum Gasteiger partial charge on any atom is 0.408 e. The van der Waals surface area contributed by atoms with Crippen LogP contribution in [0.3, 0.4) is 0 Å². The van der Waals surface area contributed by atoms with Crippen LogP contribution in [0.4, 0.5) is 4.79 Å². The van der Waals surface area contributed by atoms with Crippen molar-refractivity contribution in [3.05, 3.63) is 36.0 Å². The van der Waals surface area contributed by atoms with E-state index in [1.165, 1.54) is 0 Å². The molecule has 0 fully saturated rings. The lowest BCUT2D eigenvalue weighted by atomic mass is 9.91. The molecule has 11 nitrogen and oxygen atoms in total. The normalized spacial score (nSPS) is 16.0. The predicted octanol–water partition coefficient (Wildman–Crippen LogP) is 4.06. The van der Waals surface area contributed by atoms with E-state index < -0.39 is 66.0 Å². The average molecular weight is 603 g/mol. The topological polar surface area (TPSA) is 164 Å². The Kier molecular flexibility index (Phi) is 13.2. The Balaban J connectivity index is 2.69. The minimum absolute atomic E-state index is 0.0228. The molecule has 0 spiro atoms. The summed E-state index contributed by atoms with van der Waals surface area (Å²) in [6.07, 6.45) is 0.0807. The molecule has 1 aromatic carbocycles. The van der Waals surface area contributed by atoms with Crippen molar-refractivity contribution in [1.82, 2.24) is 15.2 Å². The van der Waals surface area contributed by atoms with Crippen molar-refractivity contribution in [1.29, 1.82) is 0 Å². The number of benzene rings is 1. The van der Waals surface area contributed by atoms with Gasteiger partial charge in [0.2, 0.25) is 5.91 Å². The maximum atomic E-state index is 14.5. The third kappa shape index (κ3) is 9.79. The van der Waals surface area contributed by atoms with E-state index in [1.54, 1.807) is 47.7 Å². The SMILES string of the molecule is CCOC(=O)CC(O)[C@H](Cc1c[nH]c2ccccc12)N(C(=O)[C@@H](N)[C@@H](C)CC)C(=O)[C@@H](NC(=O)OC(C)(C)C)[C@@H](C)CC. The van der Waals surface area contributed by atoms with E-state index in [-0.39, 0.29) is 18.9 Å². The molecular weight excluding hydrogens is 552 g/mol. The molecule has 1 aromatic heterocycles. The molecule has 6 atom stereocenters. The number of nitrogens with one attached hydrogen (secondary N) is 2. The Morgan fingerprint density at radius 2 is 1.65 bits per heavy atom. The lowest BCUT2D eigenvalue weighted by Crippen LogP contribution is -2.63. The summed E-state index contributed by atoms with van der Waals surface area (Å²) in [7, 11) is 0. The molecule has 2 rings (SSSR count). The summed E-state index contributed by atoms with van der Waals surface area (Å²) in [4.78, 5) is 58.2. The number of aromatic nitrogens is 1. The van der Waals surface area contributed by atoms with Gasteiger partial charge in [0.1, 0.15) is 11.6 Å². The first-order chi connectivity index (χ1) is 20.1. The number of aliphatic hydroxyl groups is 1. The fourth-order valence-corrected chi connectivity index (χ4v) is 4.81. The summed E-state index contributed by atoms with van der Waals surface area (Å²) in [5.74, 6) is -2.82. The zero-order valence-electron chi connectivity index (χ0n) is 26.8. The van der Waals surface area contributed by atoms with E-state index in [9.17, 15) is 24.3 Å². The van der Waals surface area contributed by atoms with Crippen LogP contribution in [0.25, 0.3) is 10.9 Å². The summed E-state index contributed by atoms with van der Waals surface area (Å²) in [5.41, 5.74) is 7.16. The Hall–Kier alpha value is -3.44. The molecular formula is C32H50N4O7. The number of hydrogen-bond acceptors (Lipinski definition) is 8. The number of alkyl carbamates (subject to hydrolysis) is 1. The number of imide groups is 1. The smallest absolute Gasteiger partial charge is 0.408 e. The molecule has 0 aliphatic rings. The summed E-state index contributed by atoms with van der Waals surface area (Å²) < 4.78 is 10.5. The first-order valence-electron chi connectivity index (χ1n) is 15.2. The van der Waals surface area contributed by atoms with E-state index in [2.05, 4.69) is 10.3 Å². The summed E-state index contributed by atoms with van der Waals surface area (Å²) in [6, 6.07) is 4.06. The van der Waals surface area contributed by atoms with Gasteiger partial charge in [-0.25, -0.2) is 4.79 Å². The monoisotopic (exact) mass is 602 g/mol. The number of H-pyrrole nitrogens is 1. The van der Waals surface area contributed by atoms with Gasteiger partial charge in [-0.3, -0.25) is 19.3 Å². The van der Waals surface area contributed by atoms with E-state index in [0.29, 0.717) is 12.8 Å². The molecule has 0 radical (unpaired) electrons. The van der Waals surface area contributed by atoms with Gasteiger partial charge in [-0.05, 0) is 57.6 Å². The minimum atomic E-state index is -1.48. The van der Waals surface area contributed by atoms with Crippen LogP contribution >= 0.6 is 0 Å². The highest BCUT2D eigenvalue weighted by Crippen LogP contribution is 2.26. The van der Waals surface area contributed by atoms with E-state index in [4.69, 9.17) is 15.2 Å². The van der Waals surface area contributed by atoms with Gasteiger partial charge in [-0.2, -0.15) is 0 Å². The van der Waals surface area contributed by atoms with Crippen molar-refractivity contribution in [2.24, 2.45) is 17.6 Å². The molecule has 0 saturated heterocycles. The number of fused-ring (bicyclic) bond motifs is 1. The van der Waals surface area contributed by atoms with Gasteiger partial charge in [-0.15, -0.1) is 0 Å². The molecule has 2 aromatic rings. The Labute approximate surface area is 254 Å². The molecule has 0 aliphatic carbocycles. The van der Waals surface area contributed by atoms with Crippen LogP contribution in [0.5, 0.6) is 0 Å². The predicted molar refractivity (Wildman–Crippen MR) is 165 cm³/mol. The van der Waals surface area contributed by atoms with Crippen LogP contribution in [-0.4, -0.2) is 75.3 Å². The molecule has 1 unspecified atom stereocenters. The number of carbonyl (C=O) groups is 4. The molecule has 0 aliphatic heterocycles. The van der Waals surface area contributed by atoms with Crippen LogP contribution in [0, 0.1) is 11.8 Å². The fourth-order valence-electron chi connectivity index (χ4n) is 4.81. The van der Waals surface area contributed by atoms with Crippen LogP contribution in [0.1, 0.15) is 80.2 Å². The van der Waals surface area contributed by atoms with Crippen molar-refractivity contribution >= 4 is 34.8 Å². The number of ether oxygens (including phenoxy) is 2. The first kappa shape index (κ1) is 35.8. The highest BCUT2D eigenvalue weighted by molar-refractivity contribution is 6.01. The van der Waals surface area contributed by atoms with E-state index in [0.717, 1.165) is 21.4 Å². The van der Waals surface area contributed by atoms with Crippen molar-refractivity contribution < 1.29 is 33.8 Å². The Bertz CT molecular complexity index is 1240. The molecule has 3 amide bonds. The van der Waals surface area contributed by atoms with Crippen molar-refractivity contribution in [2.45, 2.75) is 111 Å². The number of aromatic amines is 1. The maximum absolute atomic E-state index is 14.5. The van der Waals surface area contributed by atoms with Crippen LogP contribution in [-0.2, 0) is 30.3 Å². The Morgan fingerprint density at radius 1 is 1.02 bits per heavy atom. The van der Waals surface area contributed by atoms with Gasteiger partial charge >= 0.3 is 12.1 Å². The summed E-state index contributed by atoms with van der Waals surface area (Å²) in [6.45, 7) is 14.2. The standard InChI is InChI=1S/C32H50N4O7/c1-9-19(4)27(33)29(39)36(30(40)28(20(5)10-2)35-31(41)43-32(6,7)8)24(25(37)17-26(38)42-11-3)16-21-18-34-23-15-13-12-14-22(21)23/h12-15,18-20,24-25,27-28,34,37H,9-11,16-17,33H2,1-8H3,(H,35,41)/t19-,20-,24-,25?,27-,28-/m0/s1. The number of aliphatic hydroxyl groups excluding tert-OH is 1. The first-order valence-corrected chi connectivity index (χ1v) is 15.2. The molecule has 11 heteroatoms. The number of rotatable bonds is 14. The third-order valence-corrected chi connectivity index (χ3v) is 7.73. The molecule has 5 N–H and O–H groups in total. The Morgan fingerprint density at radius 3 is 2.23 bits per heavy atom. The molecule has 240 valence electrons. The van der Waals surface area contributed by atoms with Gasteiger partial charge in [0, 0.05) is 17.1 Å². The van der Waals surface area contributed by atoms with Crippen LogP contribution in [0.2, 0.25) is 0 Å². The van der Waals surface area contributed by atoms with E-state index >= 15 is 0 Å². The third-order valence-electron chi connectivity index (χ3n) is 7.73. The number of carbonyl (C=O) groups excluding carboxylic acids is 4. The average Bonchev–Trinajstić information content (AvgIpc) is 3.35. The van der Waals surface area contributed by atoms with Gasteiger partial charge in [0.15, 0.2) is 0 Å². The number of esters is 1.